The van der Waals surface area contributed by atoms with Crippen LogP contribution < -0.4 is 5.32 Å². The van der Waals surface area contributed by atoms with Crippen LogP contribution in [-0.2, 0) is 11.3 Å². The first-order valence-corrected chi connectivity index (χ1v) is 8.37. The minimum Gasteiger partial charge on any atom is -0.309 e. The Bertz CT molecular complexity index is 973. The van der Waals surface area contributed by atoms with Gasteiger partial charge in [-0.05, 0) is 37.1 Å². The van der Waals surface area contributed by atoms with Crippen LogP contribution in [0.3, 0.4) is 0 Å². The second kappa shape index (κ2) is 6.07. The fourth-order valence-corrected chi connectivity index (χ4v) is 2.95. The maximum atomic E-state index is 13.0. The van der Waals surface area contributed by atoms with E-state index in [0.717, 1.165) is 23.1 Å². The molecule has 2 heterocycles. The number of nitrogens with zero attached hydrogens (tertiary/aromatic N) is 4. The van der Waals surface area contributed by atoms with E-state index in [0.29, 0.717) is 10.5 Å². The van der Waals surface area contributed by atoms with Crippen molar-refractivity contribution in [2.75, 3.05) is 5.32 Å². The quantitative estimate of drug-likeness (QED) is 0.774. The Morgan fingerprint density at radius 3 is 2.84 bits per heavy atom. The van der Waals surface area contributed by atoms with Gasteiger partial charge in [-0.25, -0.2) is 4.39 Å². The largest absolute Gasteiger partial charge is 0.309 e. The number of carbonyl (C=O) groups is 1. The highest BCUT2D eigenvalue weighted by atomic mass is 35.5. The van der Waals surface area contributed by atoms with Crippen molar-refractivity contribution < 1.29 is 9.18 Å². The highest BCUT2D eigenvalue weighted by Gasteiger charge is 2.43. The molecule has 1 amide bonds. The molecule has 4 rings (SSSR count). The Morgan fingerprint density at radius 1 is 1.36 bits per heavy atom. The van der Waals surface area contributed by atoms with Gasteiger partial charge >= 0.3 is 0 Å². The lowest BCUT2D eigenvalue weighted by Gasteiger charge is -2.07. The second-order valence-electron chi connectivity index (χ2n) is 6.06. The van der Waals surface area contributed by atoms with Crippen molar-refractivity contribution in [2.24, 2.45) is 5.92 Å². The molecule has 0 bridgehead atoms. The average Bonchev–Trinajstić information content (AvgIpc) is 3.14. The number of hydrogen-bond donors (Lipinski definition) is 1. The van der Waals surface area contributed by atoms with E-state index in [1.807, 2.05) is 29.9 Å². The second-order valence-corrected chi connectivity index (χ2v) is 6.46. The molecule has 6 nitrogen and oxygen atoms in total. The van der Waals surface area contributed by atoms with Gasteiger partial charge in [0, 0.05) is 23.7 Å². The van der Waals surface area contributed by atoms with Gasteiger partial charge in [0.1, 0.15) is 11.7 Å². The number of nitrogens with one attached hydrogen (secondary N) is 1. The first-order valence-electron chi connectivity index (χ1n) is 8.00. The number of anilines is 1. The van der Waals surface area contributed by atoms with Crippen molar-refractivity contribution >= 4 is 34.2 Å². The smallest absolute Gasteiger partial charge is 0.231 e. The summed E-state index contributed by atoms with van der Waals surface area (Å²) in [5.41, 5.74) is 2.38. The number of alkyl halides is 1. The molecule has 2 aromatic heterocycles. The van der Waals surface area contributed by atoms with Crippen LogP contribution in [0.25, 0.3) is 22.0 Å². The van der Waals surface area contributed by atoms with Crippen LogP contribution in [-0.4, -0.2) is 32.1 Å². The summed E-state index contributed by atoms with van der Waals surface area (Å²) in [6, 6.07) is 5.42. The third-order valence-corrected chi connectivity index (χ3v) is 4.52. The molecule has 1 aromatic carbocycles. The van der Waals surface area contributed by atoms with Crippen molar-refractivity contribution in [3.05, 3.63) is 35.6 Å². The zero-order valence-corrected chi connectivity index (χ0v) is 14.2. The Morgan fingerprint density at radius 2 is 2.16 bits per heavy atom. The Balaban J connectivity index is 1.69. The Hall–Kier alpha value is -2.54. The molecule has 0 saturated heterocycles. The van der Waals surface area contributed by atoms with E-state index >= 15 is 0 Å². The van der Waals surface area contributed by atoms with E-state index in [4.69, 9.17) is 11.6 Å². The number of amides is 1. The maximum Gasteiger partial charge on any atom is 0.231 e. The molecule has 0 aliphatic heterocycles. The summed E-state index contributed by atoms with van der Waals surface area (Å²) in [4.78, 5) is 11.9. The van der Waals surface area contributed by atoms with E-state index in [9.17, 15) is 9.18 Å². The predicted molar refractivity (Wildman–Crippen MR) is 93.1 cm³/mol. The Kier molecular flexibility index (Phi) is 3.88. The van der Waals surface area contributed by atoms with E-state index in [-0.39, 0.29) is 18.1 Å². The van der Waals surface area contributed by atoms with E-state index in [1.54, 1.807) is 12.3 Å². The van der Waals surface area contributed by atoms with Gasteiger partial charge < -0.3 is 5.32 Å². The van der Waals surface area contributed by atoms with Gasteiger partial charge in [-0.15, -0.1) is 10.2 Å². The molecule has 128 valence electrons. The number of halogens is 2. The highest BCUT2D eigenvalue weighted by Crippen LogP contribution is 2.35. The molecule has 1 aliphatic rings. The molecule has 2 unspecified atom stereocenters. The number of aromatic nitrogens is 4. The van der Waals surface area contributed by atoms with Crippen molar-refractivity contribution in [3.63, 3.8) is 0 Å². The lowest BCUT2D eigenvalue weighted by molar-refractivity contribution is -0.117. The van der Waals surface area contributed by atoms with Crippen LogP contribution in [0.15, 0.2) is 30.6 Å². The molecule has 25 heavy (non-hydrogen) atoms. The van der Waals surface area contributed by atoms with Crippen LogP contribution in [0.4, 0.5) is 10.2 Å². The van der Waals surface area contributed by atoms with Crippen LogP contribution in [0.2, 0.25) is 5.02 Å². The summed E-state index contributed by atoms with van der Waals surface area (Å²) in [5, 5.41) is 16.1. The zero-order valence-electron chi connectivity index (χ0n) is 13.4. The summed E-state index contributed by atoms with van der Waals surface area (Å²) in [6.45, 7) is 2.79. The molecular formula is C17H15ClFN5O. The van der Waals surface area contributed by atoms with Crippen LogP contribution in [0.5, 0.6) is 0 Å². The van der Waals surface area contributed by atoms with E-state index in [1.165, 1.54) is 0 Å². The number of hydrogen-bond acceptors (Lipinski definition) is 4. The fourth-order valence-electron chi connectivity index (χ4n) is 2.68. The maximum absolute atomic E-state index is 13.0. The molecule has 1 saturated carbocycles. The minimum absolute atomic E-state index is 0.268. The fraction of sp³-hybridized carbons (Fsp3) is 0.294. The van der Waals surface area contributed by atoms with Gasteiger partial charge in [-0.1, -0.05) is 11.6 Å². The zero-order chi connectivity index (χ0) is 17.6. The molecule has 1 aliphatic carbocycles. The van der Waals surface area contributed by atoms with Crippen LogP contribution >= 0.6 is 11.6 Å². The average molecular weight is 360 g/mol. The summed E-state index contributed by atoms with van der Waals surface area (Å²) in [7, 11) is 0. The number of aryl methyl sites for hydroxylation is 1. The number of benzene rings is 1. The normalized spacial score (nSPS) is 19.2. The molecule has 8 heteroatoms. The SMILES string of the molecule is CCn1cc(-c2cc(Cl)c3nnc(NC(=O)C4CC4F)cc3c2)cn1. The molecule has 2 atom stereocenters. The topological polar surface area (TPSA) is 72.7 Å². The monoisotopic (exact) mass is 359 g/mol. The Labute approximate surface area is 148 Å². The first kappa shape index (κ1) is 16.0. The summed E-state index contributed by atoms with van der Waals surface area (Å²) in [5.74, 6) is -0.658. The van der Waals surface area contributed by atoms with Gasteiger partial charge in [0.2, 0.25) is 5.91 Å². The van der Waals surface area contributed by atoms with Gasteiger partial charge in [-0.3, -0.25) is 9.48 Å². The third-order valence-electron chi connectivity index (χ3n) is 4.23. The summed E-state index contributed by atoms with van der Waals surface area (Å²) >= 11 is 6.32. The number of carbonyl (C=O) groups excluding carboxylic acids is 1. The molecule has 0 radical (unpaired) electrons. The molecular weight excluding hydrogens is 345 g/mol. The molecule has 1 fully saturated rings. The van der Waals surface area contributed by atoms with Gasteiger partial charge in [0.15, 0.2) is 5.82 Å². The van der Waals surface area contributed by atoms with Crippen LogP contribution in [0, 0.1) is 5.92 Å². The van der Waals surface area contributed by atoms with Crippen molar-refractivity contribution in [1.82, 2.24) is 20.0 Å². The van der Waals surface area contributed by atoms with Gasteiger partial charge in [0.05, 0.1) is 17.1 Å². The first-order chi connectivity index (χ1) is 12.0. The van der Waals surface area contributed by atoms with Gasteiger partial charge in [0.25, 0.3) is 0 Å². The lowest BCUT2D eigenvalue weighted by atomic mass is 10.1. The van der Waals surface area contributed by atoms with Gasteiger partial charge in [-0.2, -0.15) is 5.10 Å². The van der Waals surface area contributed by atoms with E-state index in [2.05, 4.69) is 20.6 Å². The van der Waals surface area contributed by atoms with Crippen LogP contribution in [0.1, 0.15) is 13.3 Å². The standard InChI is InChI=1S/C17H15ClFN5O/c1-2-24-8-11(7-20-24)9-3-10-5-15(21-17(25)12-6-14(12)19)22-23-16(10)13(18)4-9/h3-5,7-8,12,14H,2,6H2,1H3,(H,21,22,25). The number of fused-ring (bicyclic) bond motifs is 1. The minimum atomic E-state index is -1.05. The predicted octanol–water partition coefficient (Wildman–Crippen LogP) is 3.46. The third kappa shape index (κ3) is 3.07. The molecule has 0 spiro atoms. The summed E-state index contributed by atoms with van der Waals surface area (Å²) in [6.07, 6.45) is 2.92. The van der Waals surface area contributed by atoms with Crippen molar-refractivity contribution in [1.29, 1.82) is 0 Å². The molecule has 1 N–H and O–H groups in total. The highest BCUT2D eigenvalue weighted by molar-refractivity contribution is 6.35. The molecule has 3 aromatic rings. The summed E-state index contributed by atoms with van der Waals surface area (Å²) < 4.78 is 14.8. The van der Waals surface area contributed by atoms with E-state index < -0.39 is 12.1 Å². The lowest BCUT2D eigenvalue weighted by Crippen LogP contribution is -2.16. The van der Waals surface area contributed by atoms with Crippen molar-refractivity contribution in [3.8, 4) is 11.1 Å². The number of rotatable bonds is 4. The van der Waals surface area contributed by atoms with Crippen molar-refractivity contribution in [2.45, 2.75) is 26.1 Å².